The zero-order valence-electron chi connectivity index (χ0n) is 14.7. The number of Topliss-reactive ketones (excluding diaryl/α,β-unsaturated/α-hetero) is 1. The highest BCUT2D eigenvalue weighted by molar-refractivity contribution is 6.01. The van der Waals surface area contributed by atoms with Crippen LogP contribution in [-0.2, 0) is 0 Å². The van der Waals surface area contributed by atoms with E-state index >= 15 is 0 Å². The number of aromatic nitrogens is 4. The highest BCUT2D eigenvalue weighted by atomic mass is 16.1. The molecule has 0 bridgehead atoms. The predicted molar refractivity (Wildman–Crippen MR) is 95.4 cm³/mol. The van der Waals surface area contributed by atoms with Crippen LogP contribution in [0.5, 0.6) is 0 Å². The number of nitriles is 1. The Kier molecular flexibility index (Phi) is 4.66. The number of rotatable bonds is 6. The van der Waals surface area contributed by atoms with Crippen LogP contribution in [0, 0.1) is 18.3 Å². The van der Waals surface area contributed by atoms with Crippen LogP contribution in [0.2, 0.25) is 0 Å². The number of imidazole rings is 1. The first-order chi connectivity index (χ1) is 12.1. The molecule has 0 saturated carbocycles. The second kappa shape index (κ2) is 6.89. The van der Waals surface area contributed by atoms with Crippen molar-refractivity contribution in [3.05, 3.63) is 47.5 Å². The first kappa shape index (κ1) is 16.9. The van der Waals surface area contributed by atoms with Crippen LogP contribution in [0.25, 0.3) is 11.0 Å². The number of nitrogens with zero attached hydrogens (tertiary/aromatic N) is 4. The van der Waals surface area contributed by atoms with E-state index in [0.29, 0.717) is 11.5 Å². The molecule has 6 heteroatoms. The molecule has 0 aliphatic rings. The van der Waals surface area contributed by atoms with Crippen LogP contribution >= 0.6 is 0 Å². The highest BCUT2D eigenvalue weighted by Gasteiger charge is 2.29. The molecule has 3 aromatic rings. The minimum Gasteiger partial charge on any atom is -0.340 e. The number of aromatic amines is 1. The van der Waals surface area contributed by atoms with Crippen LogP contribution in [0.3, 0.4) is 0 Å². The van der Waals surface area contributed by atoms with Gasteiger partial charge in [0.25, 0.3) is 0 Å². The van der Waals surface area contributed by atoms with Crippen LogP contribution in [0.4, 0.5) is 0 Å². The number of ketones is 1. The van der Waals surface area contributed by atoms with Crippen LogP contribution in [0.15, 0.2) is 30.3 Å². The third kappa shape index (κ3) is 3.05. The number of benzene rings is 1. The Bertz CT molecular complexity index is 909. The van der Waals surface area contributed by atoms with Crippen molar-refractivity contribution in [2.24, 2.45) is 0 Å². The molecule has 0 spiro atoms. The lowest BCUT2D eigenvalue weighted by Crippen LogP contribution is -2.20. The molecule has 1 aromatic carbocycles. The molecule has 2 aromatic heterocycles. The van der Waals surface area contributed by atoms with Crippen molar-refractivity contribution in [2.45, 2.75) is 45.6 Å². The minimum atomic E-state index is -0.975. The smallest absolute Gasteiger partial charge is 0.205 e. The summed E-state index contributed by atoms with van der Waals surface area (Å²) < 4.78 is 1.77. The second-order valence-electron chi connectivity index (χ2n) is 6.15. The topological polar surface area (TPSA) is 87.4 Å². The summed E-state index contributed by atoms with van der Waals surface area (Å²) in [4.78, 5) is 20.6. The van der Waals surface area contributed by atoms with Crippen molar-refractivity contribution in [3.63, 3.8) is 0 Å². The summed E-state index contributed by atoms with van der Waals surface area (Å²) in [5.74, 6) is -0.866. The Morgan fingerprint density at radius 3 is 2.68 bits per heavy atom. The van der Waals surface area contributed by atoms with Gasteiger partial charge in [0, 0.05) is 0 Å². The maximum Gasteiger partial charge on any atom is 0.205 e. The summed E-state index contributed by atoms with van der Waals surface area (Å²) in [7, 11) is 0. The fraction of sp³-hybridized carbons (Fsp3) is 0.368. The van der Waals surface area contributed by atoms with Gasteiger partial charge in [0.2, 0.25) is 5.78 Å². The maximum absolute atomic E-state index is 13.1. The number of fused-ring (bicyclic) bond motifs is 1. The molecule has 25 heavy (non-hydrogen) atoms. The monoisotopic (exact) mass is 335 g/mol. The number of H-pyrrole nitrogens is 1. The summed E-state index contributed by atoms with van der Waals surface area (Å²) in [6, 6.07) is 11.5. The third-order valence-corrected chi connectivity index (χ3v) is 4.47. The van der Waals surface area contributed by atoms with Gasteiger partial charge in [-0.1, -0.05) is 26.0 Å². The molecule has 0 amide bonds. The molecule has 1 atom stereocenters. The molecule has 3 rings (SSSR count). The van der Waals surface area contributed by atoms with E-state index in [1.165, 1.54) is 0 Å². The number of hydrogen-bond donors (Lipinski definition) is 1. The summed E-state index contributed by atoms with van der Waals surface area (Å²) in [5.41, 5.74) is 2.81. The van der Waals surface area contributed by atoms with Crippen LogP contribution in [-0.4, -0.2) is 25.5 Å². The lowest BCUT2D eigenvalue weighted by atomic mass is 10.0. The zero-order chi connectivity index (χ0) is 18.0. The first-order valence-corrected chi connectivity index (χ1v) is 8.53. The standard InChI is InChI=1S/C19H21N5O/c1-4-13(5-2)24-17(10-12(3)23-24)18(25)14(11-20)19-21-15-8-6-7-9-16(15)22-19/h6-10,13-14H,4-5H2,1-3H3,(H,21,22)/t14-/m0/s1. The number of carbonyl (C=O) groups is 1. The average Bonchev–Trinajstić information content (AvgIpc) is 3.20. The molecular formula is C19H21N5O. The normalized spacial score (nSPS) is 12.4. The van der Waals surface area contributed by atoms with Gasteiger partial charge in [0.15, 0.2) is 5.92 Å². The van der Waals surface area contributed by atoms with E-state index in [1.54, 1.807) is 10.7 Å². The number of hydrogen-bond acceptors (Lipinski definition) is 4. The van der Waals surface area contributed by atoms with Crippen molar-refractivity contribution in [3.8, 4) is 6.07 Å². The summed E-state index contributed by atoms with van der Waals surface area (Å²) in [6.07, 6.45) is 1.75. The molecule has 1 N–H and O–H groups in total. The fourth-order valence-electron chi connectivity index (χ4n) is 3.11. The van der Waals surface area contributed by atoms with Gasteiger partial charge < -0.3 is 4.98 Å². The Balaban J connectivity index is 2.02. The number of aryl methyl sites for hydroxylation is 1. The summed E-state index contributed by atoms with van der Waals surface area (Å²) >= 11 is 0. The van der Waals surface area contributed by atoms with Crippen LogP contribution < -0.4 is 0 Å². The number of nitrogens with one attached hydrogen (secondary N) is 1. The van der Waals surface area contributed by atoms with Gasteiger partial charge in [-0.25, -0.2) is 4.98 Å². The third-order valence-electron chi connectivity index (χ3n) is 4.47. The molecule has 128 valence electrons. The van der Waals surface area contributed by atoms with E-state index in [9.17, 15) is 10.1 Å². The van der Waals surface area contributed by atoms with Crippen molar-refractivity contribution >= 4 is 16.8 Å². The molecule has 0 saturated heterocycles. The zero-order valence-corrected chi connectivity index (χ0v) is 14.7. The van der Waals surface area contributed by atoms with E-state index in [4.69, 9.17) is 0 Å². The lowest BCUT2D eigenvalue weighted by molar-refractivity contribution is 0.0963. The molecule has 2 heterocycles. The summed E-state index contributed by atoms with van der Waals surface area (Å²) in [6.45, 7) is 6.00. The van der Waals surface area contributed by atoms with E-state index in [2.05, 4.69) is 35.0 Å². The first-order valence-electron chi connectivity index (χ1n) is 8.53. The van der Waals surface area contributed by atoms with Gasteiger partial charge in [0.05, 0.1) is 28.8 Å². The van der Waals surface area contributed by atoms with Crippen molar-refractivity contribution < 1.29 is 4.79 Å². The number of carbonyl (C=O) groups excluding carboxylic acids is 1. The molecular weight excluding hydrogens is 314 g/mol. The Labute approximate surface area is 146 Å². The summed E-state index contributed by atoms with van der Waals surface area (Å²) in [5, 5.41) is 14.1. The highest BCUT2D eigenvalue weighted by Crippen LogP contribution is 2.25. The van der Waals surface area contributed by atoms with Gasteiger partial charge >= 0.3 is 0 Å². The molecule has 0 aliphatic heterocycles. The van der Waals surface area contributed by atoms with Gasteiger partial charge in [-0.05, 0) is 38.0 Å². The van der Waals surface area contributed by atoms with Gasteiger partial charge in [-0.3, -0.25) is 9.48 Å². The predicted octanol–water partition coefficient (Wildman–Crippen LogP) is 3.92. The van der Waals surface area contributed by atoms with Crippen molar-refractivity contribution in [1.82, 2.24) is 19.7 Å². The Hall–Kier alpha value is -2.94. The maximum atomic E-state index is 13.1. The van der Waals surface area contributed by atoms with Crippen LogP contribution in [0.1, 0.15) is 60.7 Å². The Morgan fingerprint density at radius 2 is 2.04 bits per heavy atom. The van der Waals surface area contributed by atoms with Gasteiger partial charge in [-0.2, -0.15) is 10.4 Å². The largest absolute Gasteiger partial charge is 0.340 e. The van der Waals surface area contributed by atoms with E-state index in [1.807, 2.05) is 31.2 Å². The fourth-order valence-corrected chi connectivity index (χ4v) is 3.11. The molecule has 0 radical (unpaired) electrons. The number of para-hydroxylation sites is 2. The molecule has 0 fully saturated rings. The molecule has 6 nitrogen and oxygen atoms in total. The lowest BCUT2D eigenvalue weighted by Gasteiger charge is -2.17. The SMILES string of the molecule is CCC(CC)n1nc(C)cc1C(=O)[C@H](C#N)c1nc2ccccc2[nH]1. The molecule has 0 aliphatic carbocycles. The average molecular weight is 335 g/mol. The van der Waals surface area contributed by atoms with E-state index in [0.717, 1.165) is 29.6 Å². The van der Waals surface area contributed by atoms with Gasteiger partial charge in [0.1, 0.15) is 11.5 Å². The van der Waals surface area contributed by atoms with Gasteiger partial charge in [-0.15, -0.1) is 0 Å². The van der Waals surface area contributed by atoms with E-state index < -0.39 is 5.92 Å². The Morgan fingerprint density at radius 1 is 1.32 bits per heavy atom. The van der Waals surface area contributed by atoms with Crippen molar-refractivity contribution in [1.29, 1.82) is 5.26 Å². The minimum absolute atomic E-state index is 0.141. The second-order valence-corrected chi connectivity index (χ2v) is 6.15. The van der Waals surface area contributed by atoms with Crippen molar-refractivity contribution in [2.75, 3.05) is 0 Å². The van der Waals surface area contributed by atoms with E-state index in [-0.39, 0.29) is 11.8 Å². The quantitative estimate of drug-likeness (QED) is 0.692. The molecule has 0 unspecified atom stereocenters.